The molecule has 24 heavy (non-hydrogen) atoms. The second-order valence-corrected chi connectivity index (χ2v) is 7.94. The van der Waals surface area contributed by atoms with Crippen LogP contribution in [0.4, 0.5) is 0 Å². The third-order valence-electron chi connectivity index (χ3n) is 4.81. The summed E-state index contributed by atoms with van der Waals surface area (Å²) in [6, 6.07) is 0.547. The molecular weight excluding hydrogens is 318 g/mol. The Kier molecular flexibility index (Phi) is 7.46. The fourth-order valence-electron chi connectivity index (χ4n) is 3.61. The maximum Gasteiger partial charge on any atom is 0.191 e. The van der Waals surface area contributed by atoms with Gasteiger partial charge in [0, 0.05) is 43.2 Å². The summed E-state index contributed by atoms with van der Waals surface area (Å²) in [5.41, 5.74) is 3.84. The van der Waals surface area contributed by atoms with Crippen molar-refractivity contribution in [3.63, 3.8) is 0 Å². The van der Waals surface area contributed by atoms with Crippen molar-refractivity contribution in [2.24, 2.45) is 12.0 Å². The average molecular weight is 352 g/mol. The molecule has 1 aliphatic rings. The minimum absolute atomic E-state index is 0.547. The molecule has 1 aromatic heterocycles. The van der Waals surface area contributed by atoms with Gasteiger partial charge >= 0.3 is 0 Å². The van der Waals surface area contributed by atoms with Gasteiger partial charge in [0.15, 0.2) is 5.96 Å². The summed E-state index contributed by atoms with van der Waals surface area (Å²) in [6.07, 6.45) is 5.77. The molecule has 1 aromatic rings. The van der Waals surface area contributed by atoms with Crippen molar-refractivity contribution in [2.75, 3.05) is 12.8 Å². The van der Waals surface area contributed by atoms with Crippen LogP contribution in [-0.2, 0) is 26.4 Å². The van der Waals surface area contributed by atoms with Crippen molar-refractivity contribution in [2.45, 2.75) is 70.7 Å². The molecule has 2 atom stereocenters. The van der Waals surface area contributed by atoms with Crippen molar-refractivity contribution in [1.82, 2.24) is 20.4 Å². The number of nitrogens with zero attached hydrogens (tertiary/aromatic N) is 3. The summed E-state index contributed by atoms with van der Waals surface area (Å²) in [6.45, 7) is 7.40. The van der Waals surface area contributed by atoms with Gasteiger partial charge in [-0.2, -0.15) is 16.9 Å². The lowest BCUT2D eigenvalue weighted by Crippen LogP contribution is -2.42. The smallest absolute Gasteiger partial charge is 0.191 e. The van der Waals surface area contributed by atoms with Gasteiger partial charge in [0.1, 0.15) is 0 Å². The molecule has 0 amide bonds. The molecule has 1 saturated carbocycles. The van der Waals surface area contributed by atoms with Crippen LogP contribution >= 0.6 is 11.8 Å². The fourth-order valence-corrected chi connectivity index (χ4v) is 4.75. The van der Waals surface area contributed by atoms with E-state index in [4.69, 9.17) is 0 Å². The molecule has 1 fully saturated rings. The number of hydrogen-bond donors (Lipinski definition) is 2. The number of aliphatic imine (C=N–C) groups is 1. The van der Waals surface area contributed by atoms with Gasteiger partial charge in [0.25, 0.3) is 0 Å². The SMILES string of the molecule is CCSC1CCC(NC(=NC)NCc2c(CC)nn(C)c2CC)C1. The number of aromatic nitrogens is 2. The lowest BCUT2D eigenvalue weighted by Gasteiger charge is -2.18. The van der Waals surface area contributed by atoms with Crippen LogP contribution in [0.25, 0.3) is 0 Å². The van der Waals surface area contributed by atoms with Crippen LogP contribution in [0.5, 0.6) is 0 Å². The Morgan fingerprint density at radius 1 is 1.29 bits per heavy atom. The highest BCUT2D eigenvalue weighted by atomic mass is 32.2. The van der Waals surface area contributed by atoms with E-state index in [0.29, 0.717) is 6.04 Å². The highest BCUT2D eigenvalue weighted by Crippen LogP contribution is 2.29. The number of hydrogen-bond acceptors (Lipinski definition) is 3. The van der Waals surface area contributed by atoms with Crippen LogP contribution in [0.15, 0.2) is 4.99 Å². The highest BCUT2D eigenvalue weighted by Gasteiger charge is 2.25. The Morgan fingerprint density at radius 3 is 2.71 bits per heavy atom. The Morgan fingerprint density at radius 2 is 2.08 bits per heavy atom. The van der Waals surface area contributed by atoms with E-state index < -0.39 is 0 Å². The van der Waals surface area contributed by atoms with Gasteiger partial charge in [0.05, 0.1) is 5.69 Å². The van der Waals surface area contributed by atoms with Gasteiger partial charge in [-0.05, 0) is 37.9 Å². The maximum atomic E-state index is 4.65. The van der Waals surface area contributed by atoms with Crippen LogP contribution in [0, 0.1) is 0 Å². The number of guanidine groups is 1. The molecule has 0 aliphatic heterocycles. The zero-order valence-electron chi connectivity index (χ0n) is 15.9. The van der Waals surface area contributed by atoms with Gasteiger partial charge in [-0.3, -0.25) is 9.67 Å². The Hall–Kier alpha value is -1.17. The monoisotopic (exact) mass is 351 g/mol. The Balaban J connectivity index is 1.93. The molecular formula is C18H33N5S. The Bertz CT molecular complexity index is 552. The predicted octanol–water partition coefficient (Wildman–Crippen LogP) is 2.88. The molecule has 2 unspecified atom stereocenters. The van der Waals surface area contributed by atoms with Crippen molar-refractivity contribution in [3.8, 4) is 0 Å². The van der Waals surface area contributed by atoms with Crippen molar-refractivity contribution in [3.05, 3.63) is 17.0 Å². The number of thioether (sulfide) groups is 1. The first-order valence-electron chi connectivity index (χ1n) is 9.25. The molecule has 0 radical (unpaired) electrons. The van der Waals surface area contributed by atoms with Crippen LogP contribution in [0.2, 0.25) is 0 Å². The lowest BCUT2D eigenvalue weighted by atomic mass is 10.1. The third-order valence-corrected chi connectivity index (χ3v) is 6.04. The van der Waals surface area contributed by atoms with E-state index in [1.54, 1.807) is 0 Å². The standard InChI is InChI=1S/C18H33N5S/c1-6-16-15(17(7-2)23(5)22-16)12-20-18(19-4)21-13-9-10-14(11-13)24-8-3/h13-14H,6-12H2,1-5H3,(H2,19,20,21). The van der Waals surface area contributed by atoms with Crippen molar-refractivity contribution < 1.29 is 0 Å². The molecule has 0 saturated heterocycles. The molecule has 2 N–H and O–H groups in total. The summed E-state index contributed by atoms with van der Waals surface area (Å²) < 4.78 is 2.02. The van der Waals surface area contributed by atoms with E-state index in [-0.39, 0.29) is 0 Å². The van der Waals surface area contributed by atoms with E-state index >= 15 is 0 Å². The first-order chi connectivity index (χ1) is 11.6. The molecule has 0 aromatic carbocycles. The minimum atomic E-state index is 0.547. The molecule has 1 aliphatic carbocycles. The molecule has 1 heterocycles. The topological polar surface area (TPSA) is 54.2 Å². The number of aryl methyl sites for hydroxylation is 2. The van der Waals surface area contributed by atoms with E-state index in [1.165, 1.54) is 42.0 Å². The third kappa shape index (κ3) is 4.68. The second-order valence-electron chi connectivity index (χ2n) is 6.36. The van der Waals surface area contributed by atoms with Crippen LogP contribution in [-0.4, -0.2) is 39.8 Å². The van der Waals surface area contributed by atoms with E-state index in [0.717, 1.165) is 30.6 Å². The fraction of sp³-hybridized carbons (Fsp3) is 0.778. The summed E-state index contributed by atoms with van der Waals surface area (Å²) in [7, 11) is 3.89. The lowest BCUT2D eigenvalue weighted by molar-refractivity contribution is 0.614. The molecule has 5 nitrogen and oxygen atoms in total. The summed E-state index contributed by atoms with van der Waals surface area (Å²) >= 11 is 2.09. The van der Waals surface area contributed by atoms with Crippen LogP contribution in [0.3, 0.4) is 0 Å². The quantitative estimate of drug-likeness (QED) is 0.586. The van der Waals surface area contributed by atoms with Gasteiger partial charge in [-0.25, -0.2) is 0 Å². The largest absolute Gasteiger partial charge is 0.354 e. The first kappa shape index (κ1) is 19.2. The zero-order valence-corrected chi connectivity index (χ0v) is 16.7. The predicted molar refractivity (Wildman–Crippen MR) is 105 cm³/mol. The van der Waals surface area contributed by atoms with Gasteiger partial charge in [0.2, 0.25) is 0 Å². The number of rotatable bonds is 7. The first-order valence-corrected chi connectivity index (χ1v) is 10.3. The molecule has 0 spiro atoms. The maximum absolute atomic E-state index is 4.65. The van der Waals surface area contributed by atoms with E-state index in [1.807, 2.05) is 18.8 Å². The molecule has 2 rings (SSSR count). The minimum Gasteiger partial charge on any atom is -0.354 e. The summed E-state index contributed by atoms with van der Waals surface area (Å²) in [5.74, 6) is 2.13. The zero-order chi connectivity index (χ0) is 17.5. The van der Waals surface area contributed by atoms with Gasteiger partial charge < -0.3 is 10.6 Å². The highest BCUT2D eigenvalue weighted by molar-refractivity contribution is 7.99. The van der Waals surface area contributed by atoms with Crippen LogP contribution < -0.4 is 10.6 Å². The summed E-state index contributed by atoms with van der Waals surface area (Å²) in [4.78, 5) is 4.42. The van der Waals surface area contributed by atoms with E-state index in [2.05, 4.69) is 53.3 Å². The summed E-state index contributed by atoms with van der Waals surface area (Å²) in [5, 5.41) is 12.6. The second kappa shape index (κ2) is 9.35. The Labute approximate surface area is 151 Å². The van der Waals surface area contributed by atoms with Gasteiger partial charge in [-0.15, -0.1) is 0 Å². The normalized spacial score (nSPS) is 21.3. The van der Waals surface area contributed by atoms with Crippen molar-refractivity contribution in [1.29, 1.82) is 0 Å². The van der Waals surface area contributed by atoms with Crippen molar-refractivity contribution >= 4 is 17.7 Å². The van der Waals surface area contributed by atoms with Crippen LogP contribution in [0.1, 0.15) is 57.0 Å². The molecule has 136 valence electrons. The number of nitrogens with one attached hydrogen (secondary N) is 2. The van der Waals surface area contributed by atoms with Gasteiger partial charge in [-0.1, -0.05) is 20.8 Å². The molecule has 0 bridgehead atoms. The average Bonchev–Trinajstić information content (AvgIpc) is 3.15. The molecule has 6 heteroatoms. The van der Waals surface area contributed by atoms with E-state index in [9.17, 15) is 0 Å².